The van der Waals surface area contributed by atoms with Crippen LogP contribution in [0.4, 0.5) is 4.79 Å². The predicted molar refractivity (Wildman–Crippen MR) is 80.5 cm³/mol. The number of rotatable bonds is 8. The summed E-state index contributed by atoms with van der Waals surface area (Å²) in [5.74, 6) is 1.70. The van der Waals surface area contributed by atoms with E-state index in [1.54, 1.807) is 39.5 Å². The van der Waals surface area contributed by atoms with Crippen LogP contribution in [0, 0.1) is 0 Å². The molecule has 0 aliphatic heterocycles. The predicted octanol–water partition coefficient (Wildman–Crippen LogP) is 3.21. The fraction of sp³-hybridized carbons (Fsp3) is 0.455. The van der Waals surface area contributed by atoms with E-state index in [1.807, 2.05) is 24.5 Å². The van der Waals surface area contributed by atoms with Gasteiger partial charge in [-0.3, -0.25) is 0 Å². The van der Waals surface area contributed by atoms with Crippen LogP contribution < -0.4 is 5.32 Å². The van der Waals surface area contributed by atoms with Gasteiger partial charge in [-0.25, -0.2) is 9.78 Å². The Bertz CT molecular complexity index is 351. The van der Waals surface area contributed by atoms with Crippen molar-refractivity contribution in [3.63, 3.8) is 0 Å². The summed E-state index contributed by atoms with van der Waals surface area (Å²) in [5, 5.41) is 12.2. The van der Waals surface area contributed by atoms with E-state index in [4.69, 9.17) is 5.11 Å². The van der Waals surface area contributed by atoms with Gasteiger partial charge in [-0.15, -0.1) is 0 Å². The molecular formula is C11H16N2O2S3. The maximum atomic E-state index is 10.7. The normalized spacial score (nSPS) is 12.1. The number of thioether (sulfide) groups is 1. The lowest BCUT2D eigenvalue weighted by atomic mass is 10.3. The third-order valence-corrected chi connectivity index (χ3v) is 5.04. The molecule has 0 aliphatic rings. The summed E-state index contributed by atoms with van der Waals surface area (Å²) in [7, 11) is 3.20. The average molecular weight is 304 g/mol. The maximum absolute atomic E-state index is 10.7. The van der Waals surface area contributed by atoms with Crippen molar-refractivity contribution in [1.82, 2.24) is 10.3 Å². The van der Waals surface area contributed by atoms with Gasteiger partial charge in [0, 0.05) is 18.0 Å². The first kappa shape index (κ1) is 15.5. The Morgan fingerprint density at radius 3 is 3.00 bits per heavy atom. The Morgan fingerprint density at radius 1 is 1.56 bits per heavy atom. The van der Waals surface area contributed by atoms with Gasteiger partial charge in [0.25, 0.3) is 0 Å². The molecule has 1 atom stereocenters. The maximum Gasteiger partial charge on any atom is 0.404 e. The Kier molecular flexibility index (Phi) is 8.11. The molecule has 2 N–H and O–H groups in total. The number of nitrogens with zero attached hydrogens (tertiary/aromatic N) is 1. The zero-order valence-electron chi connectivity index (χ0n) is 10.0. The van der Waals surface area contributed by atoms with Crippen LogP contribution in [0.15, 0.2) is 29.4 Å². The molecule has 0 aromatic carbocycles. The third kappa shape index (κ3) is 7.03. The summed E-state index contributed by atoms with van der Waals surface area (Å²) < 4.78 is 0. The molecule has 0 radical (unpaired) electrons. The van der Waals surface area contributed by atoms with E-state index in [-0.39, 0.29) is 6.04 Å². The lowest BCUT2D eigenvalue weighted by Crippen LogP contribution is -2.35. The van der Waals surface area contributed by atoms with Crippen molar-refractivity contribution in [1.29, 1.82) is 0 Å². The summed E-state index contributed by atoms with van der Waals surface area (Å²) in [6.07, 6.45) is 3.67. The molecule has 1 unspecified atom stereocenters. The zero-order valence-corrected chi connectivity index (χ0v) is 12.5. The van der Waals surface area contributed by atoms with E-state index in [0.717, 1.165) is 23.0 Å². The van der Waals surface area contributed by atoms with E-state index in [0.29, 0.717) is 0 Å². The smallest absolute Gasteiger partial charge is 0.404 e. The second-order valence-electron chi connectivity index (χ2n) is 3.46. The number of amides is 1. The molecule has 1 aromatic rings. The monoisotopic (exact) mass is 304 g/mol. The minimum Gasteiger partial charge on any atom is -0.465 e. The third-order valence-electron chi connectivity index (χ3n) is 2.05. The van der Waals surface area contributed by atoms with Gasteiger partial charge in [0.2, 0.25) is 0 Å². The van der Waals surface area contributed by atoms with E-state index < -0.39 is 6.09 Å². The van der Waals surface area contributed by atoms with Crippen molar-refractivity contribution in [3.8, 4) is 0 Å². The minimum absolute atomic E-state index is 0.00355. The summed E-state index contributed by atoms with van der Waals surface area (Å²) in [5.41, 5.74) is 0. The van der Waals surface area contributed by atoms with E-state index >= 15 is 0 Å². The lowest BCUT2D eigenvalue weighted by Gasteiger charge is -2.15. The highest BCUT2D eigenvalue weighted by Gasteiger charge is 2.11. The number of hydrogen-bond acceptors (Lipinski definition) is 5. The van der Waals surface area contributed by atoms with Crippen LogP contribution in [0.1, 0.15) is 6.42 Å². The Morgan fingerprint density at radius 2 is 2.39 bits per heavy atom. The van der Waals surface area contributed by atoms with Crippen molar-refractivity contribution in [3.05, 3.63) is 24.4 Å². The molecule has 0 spiro atoms. The number of carboxylic acid groups (broad SMARTS) is 1. The Labute approximate surface area is 119 Å². The molecule has 1 heterocycles. The van der Waals surface area contributed by atoms with E-state index in [2.05, 4.69) is 10.3 Å². The highest BCUT2D eigenvalue weighted by molar-refractivity contribution is 8.76. The first-order valence-electron chi connectivity index (χ1n) is 5.41. The molecule has 1 amide bonds. The van der Waals surface area contributed by atoms with Crippen molar-refractivity contribution < 1.29 is 9.90 Å². The fourth-order valence-corrected chi connectivity index (χ4v) is 3.92. The molecule has 1 aromatic heterocycles. The fourth-order valence-electron chi connectivity index (χ4n) is 1.20. The van der Waals surface area contributed by atoms with Gasteiger partial charge >= 0.3 is 6.09 Å². The molecule has 1 rings (SSSR count). The molecule has 100 valence electrons. The summed E-state index contributed by atoms with van der Waals surface area (Å²) in [6.45, 7) is 0. The van der Waals surface area contributed by atoms with Crippen molar-refractivity contribution in [2.45, 2.75) is 17.5 Å². The molecule has 18 heavy (non-hydrogen) atoms. The van der Waals surface area contributed by atoms with Gasteiger partial charge in [0.1, 0.15) is 5.03 Å². The van der Waals surface area contributed by atoms with Crippen molar-refractivity contribution in [2.75, 3.05) is 17.8 Å². The van der Waals surface area contributed by atoms with Gasteiger partial charge in [0.05, 0.1) is 0 Å². The highest BCUT2D eigenvalue weighted by Crippen LogP contribution is 2.29. The molecule has 0 fully saturated rings. The zero-order chi connectivity index (χ0) is 13.2. The Hall–Kier alpha value is -0.530. The molecule has 0 bridgehead atoms. The minimum atomic E-state index is -0.954. The molecule has 0 saturated carbocycles. The number of nitrogens with one attached hydrogen (secondary N) is 1. The number of aromatic nitrogens is 1. The number of pyridine rings is 1. The summed E-state index contributed by atoms with van der Waals surface area (Å²) in [4.78, 5) is 14.9. The molecular weight excluding hydrogens is 288 g/mol. The van der Waals surface area contributed by atoms with Crippen LogP contribution in [0.3, 0.4) is 0 Å². The van der Waals surface area contributed by atoms with Crippen LogP contribution in [0.5, 0.6) is 0 Å². The van der Waals surface area contributed by atoms with Gasteiger partial charge in [-0.1, -0.05) is 16.9 Å². The van der Waals surface area contributed by atoms with E-state index in [1.165, 1.54) is 0 Å². The largest absolute Gasteiger partial charge is 0.465 e. The van der Waals surface area contributed by atoms with Gasteiger partial charge in [0.15, 0.2) is 0 Å². The average Bonchev–Trinajstić information content (AvgIpc) is 2.36. The second kappa shape index (κ2) is 9.41. The summed E-state index contributed by atoms with van der Waals surface area (Å²) >= 11 is 1.73. The SMILES string of the molecule is CSCCC(CSSc1ccccn1)NC(=O)O. The first-order valence-corrected chi connectivity index (χ1v) is 9.12. The second-order valence-corrected chi connectivity index (χ2v) is 6.81. The van der Waals surface area contributed by atoms with Gasteiger partial charge < -0.3 is 10.4 Å². The van der Waals surface area contributed by atoms with Crippen LogP contribution in [0.2, 0.25) is 0 Å². The molecule has 0 aliphatic carbocycles. The number of hydrogen-bond donors (Lipinski definition) is 2. The molecule has 7 heteroatoms. The molecule has 4 nitrogen and oxygen atoms in total. The van der Waals surface area contributed by atoms with Crippen LogP contribution in [-0.4, -0.2) is 40.0 Å². The number of carbonyl (C=O) groups is 1. The van der Waals surface area contributed by atoms with Crippen LogP contribution in [0.25, 0.3) is 0 Å². The Balaban J connectivity index is 2.30. The quantitative estimate of drug-likeness (QED) is 0.719. The summed E-state index contributed by atoms with van der Waals surface area (Å²) in [6, 6.07) is 5.76. The van der Waals surface area contributed by atoms with Crippen molar-refractivity contribution >= 4 is 39.4 Å². The molecule has 0 saturated heterocycles. The van der Waals surface area contributed by atoms with E-state index in [9.17, 15) is 4.79 Å². The van der Waals surface area contributed by atoms with Crippen molar-refractivity contribution in [2.24, 2.45) is 0 Å². The first-order chi connectivity index (χ1) is 8.72. The topological polar surface area (TPSA) is 62.2 Å². The van der Waals surface area contributed by atoms with Gasteiger partial charge in [-0.2, -0.15) is 11.8 Å². The highest BCUT2D eigenvalue weighted by atomic mass is 33.1. The van der Waals surface area contributed by atoms with Crippen LogP contribution >= 0.6 is 33.3 Å². The standard InChI is InChI=1S/C11H16N2O2S3/c1-16-7-5-9(13-11(14)15)8-17-18-10-4-2-3-6-12-10/h2-4,6,9,13H,5,7-8H2,1H3,(H,14,15). The van der Waals surface area contributed by atoms with Crippen LogP contribution in [-0.2, 0) is 0 Å². The van der Waals surface area contributed by atoms with Gasteiger partial charge in [-0.05, 0) is 41.4 Å². The lowest BCUT2D eigenvalue weighted by molar-refractivity contribution is 0.191.